The third-order valence-electron chi connectivity index (χ3n) is 4.16. The van der Waals surface area contributed by atoms with Crippen molar-refractivity contribution >= 4 is 11.6 Å². The molecule has 1 aliphatic rings. The number of nitrogens with zero attached hydrogens (tertiary/aromatic N) is 2. The van der Waals surface area contributed by atoms with Crippen LogP contribution in [0.3, 0.4) is 0 Å². The Kier molecular flexibility index (Phi) is 6.68. The fourth-order valence-corrected chi connectivity index (χ4v) is 2.86. The van der Waals surface area contributed by atoms with E-state index in [1.165, 1.54) is 18.4 Å². The zero-order valence-electron chi connectivity index (χ0n) is 13.7. The van der Waals surface area contributed by atoms with Gasteiger partial charge in [-0.2, -0.15) is 0 Å². The fourth-order valence-electron chi connectivity index (χ4n) is 2.86. The van der Waals surface area contributed by atoms with E-state index < -0.39 is 0 Å². The molecule has 0 amide bonds. The average molecular weight is 304 g/mol. The van der Waals surface area contributed by atoms with E-state index >= 15 is 0 Å². The van der Waals surface area contributed by atoms with Gasteiger partial charge in [0.25, 0.3) is 0 Å². The molecule has 0 aliphatic carbocycles. The van der Waals surface area contributed by atoms with Crippen LogP contribution < -0.4 is 11.1 Å². The molecule has 5 nitrogen and oxygen atoms in total. The SMILES string of the molecule is CCc1cccc(NC(N)=NCC2CCCN2CCOC)c1. The summed E-state index contributed by atoms with van der Waals surface area (Å²) in [6.45, 7) is 5.77. The lowest BCUT2D eigenvalue weighted by Crippen LogP contribution is -2.35. The lowest BCUT2D eigenvalue weighted by molar-refractivity contribution is 0.143. The molecule has 1 aliphatic heterocycles. The van der Waals surface area contributed by atoms with Gasteiger partial charge < -0.3 is 15.8 Å². The molecule has 122 valence electrons. The number of nitrogens with two attached hydrogens (primary N) is 1. The molecule has 1 atom stereocenters. The van der Waals surface area contributed by atoms with Gasteiger partial charge in [-0.15, -0.1) is 0 Å². The Bertz CT molecular complexity index is 489. The first-order valence-corrected chi connectivity index (χ1v) is 8.11. The number of aliphatic imine (C=N–C) groups is 1. The maximum absolute atomic E-state index is 6.02. The van der Waals surface area contributed by atoms with Crippen LogP contribution in [0.1, 0.15) is 25.3 Å². The van der Waals surface area contributed by atoms with Crippen LogP contribution in [-0.4, -0.2) is 50.3 Å². The Morgan fingerprint density at radius 2 is 2.36 bits per heavy atom. The molecule has 0 spiro atoms. The first-order chi connectivity index (χ1) is 10.7. The Morgan fingerprint density at radius 1 is 1.50 bits per heavy atom. The minimum atomic E-state index is 0.484. The Balaban J connectivity index is 1.86. The summed E-state index contributed by atoms with van der Waals surface area (Å²) < 4.78 is 5.16. The van der Waals surface area contributed by atoms with Crippen LogP contribution in [0.15, 0.2) is 29.3 Å². The van der Waals surface area contributed by atoms with Gasteiger partial charge >= 0.3 is 0 Å². The number of rotatable bonds is 7. The number of anilines is 1. The van der Waals surface area contributed by atoms with Crippen LogP contribution >= 0.6 is 0 Å². The third kappa shape index (κ3) is 5.00. The molecule has 0 aromatic heterocycles. The Morgan fingerprint density at radius 3 is 3.14 bits per heavy atom. The molecular formula is C17H28N4O. The second-order valence-electron chi connectivity index (χ2n) is 5.73. The van der Waals surface area contributed by atoms with Crippen molar-refractivity contribution < 1.29 is 4.74 Å². The summed E-state index contributed by atoms with van der Waals surface area (Å²) >= 11 is 0. The van der Waals surface area contributed by atoms with Gasteiger partial charge in [-0.25, -0.2) is 0 Å². The summed E-state index contributed by atoms with van der Waals surface area (Å²) in [5, 5.41) is 3.18. The molecule has 0 bridgehead atoms. The van der Waals surface area contributed by atoms with Crippen molar-refractivity contribution in [3.63, 3.8) is 0 Å². The quantitative estimate of drug-likeness (QED) is 0.598. The number of nitrogens with one attached hydrogen (secondary N) is 1. The highest BCUT2D eigenvalue weighted by Gasteiger charge is 2.23. The van der Waals surface area contributed by atoms with Crippen molar-refractivity contribution in [3.8, 4) is 0 Å². The van der Waals surface area contributed by atoms with Crippen molar-refractivity contribution in [2.24, 2.45) is 10.7 Å². The average Bonchev–Trinajstić information content (AvgIpc) is 2.98. The molecule has 5 heteroatoms. The first-order valence-electron chi connectivity index (χ1n) is 8.11. The molecule has 1 saturated heterocycles. The van der Waals surface area contributed by atoms with Gasteiger partial charge in [-0.1, -0.05) is 19.1 Å². The van der Waals surface area contributed by atoms with Crippen LogP contribution in [-0.2, 0) is 11.2 Å². The molecule has 1 aromatic rings. The molecule has 1 aromatic carbocycles. The van der Waals surface area contributed by atoms with E-state index in [2.05, 4.69) is 34.3 Å². The number of hydrogen-bond donors (Lipinski definition) is 2. The molecular weight excluding hydrogens is 276 g/mol. The van der Waals surface area contributed by atoms with Crippen molar-refractivity contribution in [2.45, 2.75) is 32.2 Å². The number of methoxy groups -OCH3 is 1. The molecule has 0 radical (unpaired) electrons. The number of likely N-dealkylation sites (tertiary alicyclic amines) is 1. The van der Waals surface area contributed by atoms with Crippen molar-refractivity contribution in [1.82, 2.24) is 4.90 Å². The topological polar surface area (TPSA) is 62.9 Å². The van der Waals surface area contributed by atoms with Crippen LogP contribution in [0.25, 0.3) is 0 Å². The molecule has 1 fully saturated rings. The van der Waals surface area contributed by atoms with E-state index in [9.17, 15) is 0 Å². The standard InChI is InChI=1S/C17H28N4O/c1-3-14-6-4-7-15(12-14)20-17(18)19-13-16-8-5-9-21(16)10-11-22-2/h4,6-7,12,16H,3,5,8-11,13H2,1-2H3,(H3,18,19,20). The maximum atomic E-state index is 6.02. The van der Waals surface area contributed by atoms with Crippen LogP contribution in [0, 0.1) is 0 Å². The van der Waals surface area contributed by atoms with Crippen molar-refractivity contribution in [2.75, 3.05) is 38.7 Å². The first kappa shape index (κ1) is 16.8. The summed E-state index contributed by atoms with van der Waals surface area (Å²) in [5.41, 5.74) is 8.31. The number of hydrogen-bond acceptors (Lipinski definition) is 3. The lowest BCUT2D eigenvalue weighted by Gasteiger charge is -2.22. The monoisotopic (exact) mass is 304 g/mol. The summed E-state index contributed by atoms with van der Waals surface area (Å²) in [5.74, 6) is 0.492. The maximum Gasteiger partial charge on any atom is 0.193 e. The number of ether oxygens (including phenoxy) is 1. The molecule has 2 rings (SSSR count). The van der Waals surface area contributed by atoms with E-state index in [0.717, 1.165) is 38.3 Å². The Labute approximate surface area is 133 Å². The van der Waals surface area contributed by atoms with E-state index in [0.29, 0.717) is 12.0 Å². The summed E-state index contributed by atoms with van der Waals surface area (Å²) in [4.78, 5) is 6.96. The predicted octanol–water partition coefficient (Wildman–Crippen LogP) is 2.09. The van der Waals surface area contributed by atoms with Gasteiger partial charge in [-0.3, -0.25) is 9.89 Å². The second kappa shape index (κ2) is 8.76. The van der Waals surface area contributed by atoms with Crippen molar-refractivity contribution in [3.05, 3.63) is 29.8 Å². The molecule has 22 heavy (non-hydrogen) atoms. The highest BCUT2D eigenvalue weighted by Crippen LogP contribution is 2.17. The van der Waals surface area contributed by atoms with Crippen molar-refractivity contribution in [1.29, 1.82) is 0 Å². The van der Waals surface area contributed by atoms with E-state index in [-0.39, 0.29) is 0 Å². The number of aryl methyl sites for hydroxylation is 1. The fraction of sp³-hybridized carbons (Fsp3) is 0.588. The molecule has 1 heterocycles. The van der Waals surface area contributed by atoms with E-state index in [1.807, 2.05) is 12.1 Å². The van der Waals surface area contributed by atoms with E-state index in [4.69, 9.17) is 10.5 Å². The summed E-state index contributed by atoms with van der Waals surface area (Å²) in [7, 11) is 1.75. The van der Waals surface area contributed by atoms with Gasteiger partial charge in [0.2, 0.25) is 0 Å². The van der Waals surface area contributed by atoms with Crippen LogP contribution in [0.5, 0.6) is 0 Å². The molecule has 0 saturated carbocycles. The zero-order valence-corrected chi connectivity index (χ0v) is 13.7. The zero-order chi connectivity index (χ0) is 15.8. The van der Waals surface area contributed by atoms with Gasteiger partial charge in [0, 0.05) is 25.4 Å². The van der Waals surface area contributed by atoms with Gasteiger partial charge in [0.1, 0.15) is 0 Å². The smallest absolute Gasteiger partial charge is 0.193 e. The third-order valence-corrected chi connectivity index (χ3v) is 4.16. The normalized spacial score (nSPS) is 19.5. The largest absolute Gasteiger partial charge is 0.383 e. The van der Waals surface area contributed by atoms with Gasteiger partial charge in [0.15, 0.2) is 5.96 Å². The highest BCUT2D eigenvalue weighted by molar-refractivity contribution is 5.92. The molecule has 1 unspecified atom stereocenters. The van der Waals surface area contributed by atoms with Gasteiger partial charge in [0.05, 0.1) is 13.2 Å². The minimum Gasteiger partial charge on any atom is -0.383 e. The van der Waals surface area contributed by atoms with Gasteiger partial charge in [-0.05, 0) is 43.5 Å². The summed E-state index contributed by atoms with van der Waals surface area (Å²) in [6.07, 6.45) is 3.44. The molecule has 3 N–H and O–H groups in total. The van der Waals surface area contributed by atoms with Crippen LogP contribution in [0.2, 0.25) is 0 Å². The number of benzene rings is 1. The summed E-state index contributed by atoms with van der Waals surface area (Å²) in [6, 6.07) is 8.77. The second-order valence-corrected chi connectivity index (χ2v) is 5.73. The predicted molar refractivity (Wildman–Crippen MR) is 92.4 cm³/mol. The van der Waals surface area contributed by atoms with Crippen LogP contribution in [0.4, 0.5) is 5.69 Å². The minimum absolute atomic E-state index is 0.484. The van der Waals surface area contributed by atoms with E-state index in [1.54, 1.807) is 7.11 Å². The Hall–Kier alpha value is -1.59. The number of guanidine groups is 1. The lowest BCUT2D eigenvalue weighted by atomic mass is 10.1. The highest BCUT2D eigenvalue weighted by atomic mass is 16.5.